The molecular weight excluding hydrogens is 702 g/mol. The second-order valence-electron chi connectivity index (χ2n) is 10.8. The number of halogens is 2. The molecule has 2 aliphatic heterocycles. The molecule has 3 aliphatic rings. The van der Waals surface area contributed by atoms with E-state index in [1.54, 1.807) is 6.07 Å². The monoisotopic (exact) mass is 731 g/mol. The zero-order valence-corrected chi connectivity index (χ0v) is 26.1. The predicted molar refractivity (Wildman–Crippen MR) is 143 cm³/mol. The Balaban J connectivity index is 1.09. The van der Waals surface area contributed by atoms with E-state index < -0.39 is 0 Å². The van der Waals surface area contributed by atoms with Gasteiger partial charge in [0.05, 0.1) is 0 Å². The molecule has 3 aromatic rings. The molecule has 38 heavy (non-hydrogen) atoms. The molecule has 1 spiro atoms. The summed E-state index contributed by atoms with van der Waals surface area (Å²) in [6, 6.07) is 6.55. The summed E-state index contributed by atoms with van der Waals surface area (Å²) in [5.74, 6) is 1.84. The first-order chi connectivity index (χ1) is 18.3. The molecule has 0 bridgehead atoms. The molecule has 1 aromatic carbocycles. The van der Waals surface area contributed by atoms with Crippen LogP contribution in [0, 0.1) is 11.2 Å². The van der Waals surface area contributed by atoms with Gasteiger partial charge >= 0.3 is 147 Å². The predicted octanol–water partition coefficient (Wildman–Crippen LogP) is 4.51. The van der Waals surface area contributed by atoms with Crippen LogP contribution in [0.3, 0.4) is 0 Å². The number of pyridine rings is 1. The Bertz CT molecular complexity index is 1350. The number of rotatable bonds is 7. The third-order valence-corrected chi connectivity index (χ3v) is 9.73. The van der Waals surface area contributed by atoms with Gasteiger partial charge in [-0.1, -0.05) is 30.5 Å². The Morgan fingerprint density at radius 2 is 2.00 bits per heavy atom. The number of hydrogen-bond acceptors (Lipinski definition) is 8. The Kier molecular flexibility index (Phi) is 7.19. The van der Waals surface area contributed by atoms with Gasteiger partial charge in [-0.25, -0.2) is 4.39 Å². The molecule has 0 amide bonds. The molecule has 1 saturated heterocycles. The van der Waals surface area contributed by atoms with Gasteiger partial charge in [0.1, 0.15) is 11.6 Å². The Morgan fingerprint density at radius 1 is 1.18 bits per heavy atom. The van der Waals surface area contributed by atoms with E-state index in [1.807, 2.05) is 26.1 Å². The summed E-state index contributed by atoms with van der Waals surface area (Å²) in [6.07, 6.45) is 5.08. The molecule has 11 heteroatoms. The first-order valence-corrected chi connectivity index (χ1v) is 16.1. The van der Waals surface area contributed by atoms with Gasteiger partial charge in [0, 0.05) is 5.56 Å². The maximum atomic E-state index is 13.8. The summed E-state index contributed by atoms with van der Waals surface area (Å²) in [5.41, 5.74) is 3.39. The summed E-state index contributed by atoms with van der Waals surface area (Å²) in [6.45, 7) is 7.66. The van der Waals surface area contributed by atoms with Crippen LogP contribution in [0.4, 0.5) is 10.2 Å². The van der Waals surface area contributed by atoms with E-state index in [9.17, 15) is 4.39 Å². The number of hydrogen-bond donors (Lipinski definition) is 0. The first kappa shape index (κ1) is 26.1. The van der Waals surface area contributed by atoms with Crippen LogP contribution < -0.4 is 14.4 Å². The minimum atomic E-state index is -0.307. The maximum Gasteiger partial charge on any atom is -0.173 e. The second-order valence-corrected chi connectivity index (χ2v) is 12.4. The summed E-state index contributed by atoms with van der Waals surface area (Å²) < 4.78 is 27.3. The maximum absolute atomic E-state index is 13.8. The van der Waals surface area contributed by atoms with E-state index in [0.29, 0.717) is 11.6 Å². The molecule has 0 atom stereocenters. The third kappa shape index (κ3) is 5.08. The topological polar surface area (TPSA) is 76.5 Å². The standard InChI is InChI=1S/C27H29ClFN6O2.Pb/c1-16(2)19-10-17(29)4-5-22(19)37-26-31-25(24(28)32-33-26)35-14-27(15-35)11-18(12-27)36-23-6-8-30-21-7-9-34(3)13-20(21)23;/h4-6,8,10,16,18H,3,7,9,11-15H2,1-2H3;. The summed E-state index contributed by atoms with van der Waals surface area (Å²) in [5, 5.41) is 8.32. The second kappa shape index (κ2) is 10.5. The van der Waals surface area contributed by atoms with Crippen molar-refractivity contribution in [3.8, 4) is 17.5 Å². The quantitative estimate of drug-likeness (QED) is 0.329. The van der Waals surface area contributed by atoms with Crippen LogP contribution in [-0.2, 0) is 13.0 Å². The zero-order valence-electron chi connectivity index (χ0n) is 21.5. The Morgan fingerprint density at radius 3 is 2.76 bits per heavy atom. The molecule has 8 nitrogen and oxygen atoms in total. The minimum Gasteiger partial charge on any atom is -0.173 e. The van der Waals surface area contributed by atoms with Crippen molar-refractivity contribution in [2.45, 2.75) is 51.7 Å². The van der Waals surface area contributed by atoms with Crippen molar-refractivity contribution >= 4 is 43.2 Å². The van der Waals surface area contributed by atoms with Crippen molar-refractivity contribution in [2.75, 3.05) is 28.6 Å². The molecule has 0 N–H and O–H groups in total. The number of fused-ring (bicyclic) bond motifs is 1. The molecule has 2 aromatic heterocycles. The minimum absolute atomic E-state index is 0.0781. The van der Waals surface area contributed by atoms with Crippen LogP contribution in [0.15, 0.2) is 30.5 Å². The fourth-order valence-electron chi connectivity index (χ4n) is 5.75. The SMILES string of the molecule is CC(C)c1cc(F)ccc1Oc1nnc(Cl)c(N2CC3(CC(Oc4ccnc5c4CN([CH2][Pb])CC5)C3)C2)n1. The van der Waals surface area contributed by atoms with E-state index in [1.165, 1.54) is 53.3 Å². The Labute approximate surface area is 242 Å². The molecule has 6 rings (SSSR count). The van der Waals surface area contributed by atoms with Crippen molar-refractivity contribution in [1.29, 1.82) is 0 Å². The molecule has 2 fully saturated rings. The summed E-state index contributed by atoms with van der Waals surface area (Å²) >= 11 is 7.55. The smallest absolute Gasteiger partial charge is 0.173 e. The molecular formula is C27H29ClFN6O2Pb. The van der Waals surface area contributed by atoms with Crippen molar-refractivity contribution in [2.24, 2.45) is 5.41 Å². The third-order valence-electron chi connectivity index (χ3n) is 7.74. The molecule has 1 saturated carbocycles. The molecule has 0 unspecified atom stereocenters. The number of aromatic nitrogens is 4. The molecule has 1 aliphatic carbocycles. The van der Waals surface area contributed by atoms with Crippen LogP contribution in [-0.4, -0.2) is 80.7 Å². The van der Waals surface area contributed by atoms with Crippen molar-refractivity contribution in [3.63, 3.8) is 0 Å². The van der Waals surface area contributed by atoms with Crippen LogP contribution in [0.5, 0.6) is 17.5 Å². The number of benzene rings is 1. The van der Waals surface area contributed by atoms with Crippen LogP contribution >= 0.6 is 11.6 Å². The molecule has 4 heterocycles. The normalized spacial score (nSPS) is 18.7. The van der Waals surface area contributed by atoms with E-state index in [0.717, 1.165) is 56.8 Å². The average Bonchev–Trinajstić information content (AvgIpc) is 2.86. The van der Waals surface area contributed by atoms with Crippen molar-refractivity contribution in [1.82, 2.24) is 25.1 Å². The van der Waals surface area contributed by atoms with E-state index >= 15 is 0 Å². The summed E-state index contributed by atoms with van der Waals surface area (Å²) in [4.78, 5) is 13.8. The fourth-order valence-corrected chi connectivity index (χ4v) is 7.00. The number of ether oxygens (including phenoxy) is 2. The van der Waals surface area contributed by atoms with Gasteiger partial charge < -0.3 is 4.74 Å². The van der Waals surface area contributed by atoms with Gasteiger partial charge in [-0.05, 0) is 24.1 Å². The van der Waals surface area contributed by atoms with Gasteiger partial charge in [-0.3, -0.25) is 0 Å². The van der Waals surface area contributed by atoms with Gasteiger partial charge in [0.15, 0.2) is 5.15 Å². The van der Waals surface area contributed by atoms with Crippen LogP contribution in [0.2, 0.25) is 5.15 Å². The first-order valence-electron chi connectivity index (χ1n) is 13.0. The van der Waals surface area contributed by atoms with Crippen molar-refractivity contribution < 1.29 is 13.9 Å². The van der Waals surface area contributed by atoms with Gasteiger partial charge in [0.2, 0.25) is 0 Å². The largest absolute Gasteiger partial charge is 0.173 e. The van der Waals surface area contributed by atoms with Gasteiger partial charge in [-0.2, -0.15) is 4.98 Å². The molecule has 3 radical (unpaired) electrons. The van der Waals surface area contributed by atoms with Crippen LogP contribution in [0.1, 0.15) is 49.4 Å². The van der Waals surface area contributed by atoms with Crippen molar-refractivity contribution in [3.05, 3.63) is 58.3 Å². The molecule has 197 valence electrons. The number of nitrogens with zero attached hydrogens (tertiary/aromatic N) is 6. The zero-order chi connectivity index (χ0) is 26.4. The fraction of sp³-hybridized carbons (Fsp3) is 0.481. The van der Waals surface area contributed by atoms with Crippen LogP contribution in [0.25, 0.3) is 0 Å². The summed E-state index contributed by atoms with van der Waals surface area (Å²) in [7, 11) is 0. The van der Waals surface area contributed by atoms with E-state index in [-0.39, 0.29) is 34.4 Å². The van der Waals surface area contributed by atoms with E-state index in [4.69, 9.17) is 21.1 Å². The average molecular weight is 731 g/mol. The number of anilines is 1. The Hall–Kier alpha value is -2.12. The van der Waals surface area contributed by atoms with E-state index in [2.05, 4.69) is 30.0 Å². The van der Waals surface area contributed by atoms with Gasteiger partial charge in [0.25, 0.3) is 0 Å². The van der Waals surface area contributed by atoms with Gasteiger partial charge in [-0.15, -0.1) is 5.10 Å².